The molecule has 0 aromatic heterocycles. The largest absolute Gasteiger partial charge is 0.356 e. The van der Waals surface area contributed by atoms with Gasteiger partial charge in [0.15, 0.2) is 0 Å². The van der Waals surface area contributed by atoms with Gasteiger partial charge in [-0.25, -0.2) is 0 Å². The quantitative estimate of drug-likeness (QED) is 0.547. The summed E-state index contributed by atoms with van der Waals surface area (Å²) in [5.74, 6) is 0.982. The normalized spacial score (nSPS) is 10.8. The number of carbonyl (C=O) groups is 1. The monoisotopic (exact) mass is 242 g/mol. The molecule has 0 aliphatic rings. The number of hydrogen-bond acceptors (Lipinski definition) is 2. The Hall–Kier alpha value is -0.570. The van der Waals surface area contributed by atoms with Crippen molar-refractivity contribution in [3.8, 4) is 0 Å². The summed E-state index contributed by atoms with van der Waals surface area (Å²) < 4.78 is 0. The number of amides is 1. The van der Waals surface area contributed by atoms with Crippen LogP contribution in [0.3, 0.4) is 0 Å². The Labute approximate surface area is 107 Å². The molecule has 0 aliphatic heterocycles. The van der Waals surface area contributed by atoms with Gasteiger partial charge in [-0.05, 0) is 31.7 Å². The van der Waals surface area contributed by atoms with Crippen molar-refractivity contribution in [2.75, 3.05) is 13.1 Å². The molecule has 0 rings (SSSR count). The first-order valence-electron chi connectivity index (χ1n) is 7.13. The van der Waals surface area contributed by atoms with Crippen LogP contribution in [0.4, 0.5) is 0 Å². The molecule has 0 atom stereocenters. The zero-order chi connectivity index (χ0) is 12.9. The zero-order valence-electron chi connectivity index (χ0n) is 11.6. The molecule has 3 nitrogen and oxygen atoms in total. The fourth-order valence-electron chi connectivity index (χ4n) is 1.78. The first-order chi connectivity index (χ1) is 8.16. The molecule has 3 N–H and O–H groups in total. The third-order valence-corrected chi connectivity index (χ3v) is 2.89. The van der Waals surface area contributed by atoms with Gasteiger partial charge < -0.3 is 11.1 Å². The Morgan fingerprint density at radius 3 is 2.41 bits per heavy atom. The van der Waals surface area contributed by atoms with Gasteiger partial charge in [0.05, 0.1) is 0 Å². The molecule has 17 heavy (non-hydrogen) atoms. The van der Waals surface area contributed by atoms with E-state index in [4.69, 9.17) is 5.73 Å². The highest BCUT2D eigenvalue weighted by Crippen LogP contribution is 2.05. The van der Waals surface area contributed by atoms with Crippen LogP contribution in [0.5, 0.6) is 0 Å². The summed E-state index contributed by atoms with van der Waals surface area (Å²) in [5.41, 5.74) is 5.41. The predicted octanol–water partition coefficient (Wildman–Crippen LogP) is 2.84. The van der Waals surface area contributed by atoms with E-state index in [1.165, 1.54) is 12.8 Å². The molecule has 1 amide bonds. The topological polar surface area (TPSA) is 55.1 Å². The molecular formula is C14H30N2O. The van der Waals surface area contributed by atoms with Gasteiger partial charge in [0.2, 0.25) is 5.91 Å². The van der Waals surface area contributed by atoms with Crippen LogP contribution >= 0.6 is 0 Å². The molecule has 0 saturated carbocycles. The lowest BCUT2D eigenvalue weighted by atomic mass is 10.1. The number of nitrogens with one attached hydrogen (secondary N) is 1. The predicted molar refractivity (Wildman–Crippen MR) is 73.8 cm³/mol. The highest BCUT2D eigenvalue weighted by molar-refractivity contribution is 5.75. The standard InChI is InChI=1S/C14H30N2O/c1-13(2)9-6-8-12-16-14(17)10-5-3-4-7-11-15/h13H,3-12,15H2,1-2H3,(H,16,17). The number of unbranched alkanes of at least 4 members (excludes halogenated alkanes) is 4. The Morgan fingerprint density at radius 2 is 1.76 bits per heavy atom. The van der Waals surface area contributed by atoms with Gasteiger partial charge in [-0.1, -0.05) is 39.5 Å². The van der Waals surface area contributed by atoms with E-state index < -0.39 is 0 Å². The fourth-order valence-corrected chi connectivity index (χ4v) is 1.78. The average Bonchev–Trinajstić information content (AvgIpc) is 2.28. The fraction of sp³-hybridized carbons (Fsp3) is 0.929. The number of nitrogens with two attached hydrogens (primary N) is 1. The summed E-state index contributed by atoms with van der Waals surface area (Å²) >= 11 is 0. The third kappa shape index (κ3) is 13.4. The van der Waals surface area contributed by atoms with E-state index in [9.17, 15) is 4.79 Å². The first-order valence-corrected chi connectivity index (χ1v) is 7.13. The van der Waals surface area contributed by atoms with Gasteiger partial charge in [0.1, 0.15) is 0 Å². The molecular weight excluding hydrogens is 212 g/mol. The second-order valence-corrected chi connectivity index (χ2v) is 5.19. The minimum absolute atomic E-state index is 0.210. The lowest BCUT2D eigenvalue weighted by molar-refractivity contribution is -0.121. The van der Waals surface area contributed by atoms with Crippen molar-refractivity contribution in [2.24, 2.45) is 11.7 Å². The Bertz CT molecular complexity index is 181. The van der Waals surface area contributed by atoms with Crippen LogP contribution in [0.15, 0.2) is 0 Å². The molecule has 3 heteroatoms. The highest BCUT2D eigenvalue weighted by Gasteiger charge is 2.00. The molecule has 102 valence electrons. The van der Waals surface area contributed by atoms with Crippen LogP contribution in [0.2, 0.25) is 0 Å². The van der Waals surface area contributed by atoms with Gasteiger partial charge in [0.25, 0.3) is 0 Å². The van der Waals surface area contributed by atoms with Gasteiger partial charge in [-0.3, -0.25) is 4.79 Å². The maximum Gasteiger partial charge on any atom is 0.219 e. The summed E-state index contributed by atoms with van der Waals surface area (Å²) in [6.07, 6.45) is 8.61. The third-order valence-electron chi connectivity index (χ3n) is 2.89. The van der Waals surface area contributed by atoms with Crippen LogP contribution < -0.4 is 11.1 Å². The Morgan fingerprint density at radius 1 is 1.06 bits per heavy atom. The van der Waals surface area contributed by atoms with Crippen molar-refractivity contribution in [3.63, 3.8) is 0 Å². The Balaban J connectivity index is 3.18. The van der Waals surface area contributed by atoms with Gasteiger partial charge in [-0.15, -0.1) is 0 Å². The molecule has 0 aliphatic carbocycles. The van der Waals surface area contributed by atoms with Gasteiger partial charge in [-0.2, -0.15) is 0 Å². The number of carbonyl (C=O) groups excluding carboxylic acids is 1. The highest BCUT2D eigenvalue weighted by atomic mass is 16.1. The molecule has 0 saturated heterocycles. The molecule has 0 spiro atoms. The first kappa shape index (κ1) is 16.4. The van der Waals surface area contributed by atoms with Crippen LogP contribution in [-0.4, -0.2) is 19.0 Å². The SMILES string of the molecule is CC(C)CCCCNC(=O)CCCCCCN. The van der Waals surface area contributed by atoms with E-state index in [1.807, 2.05) is 0 Å². The maximum absolute atomic E-state index is 11.4. The number of rotatable bonds is 11. The molecule has 0 heterocycles. The molecule has 0 radical (unpaired) electrons. The lowest BCUT2D eigenvalue weighted by Gasteiger charge is -2.06. The summed E-state index contributed by atoms with van der Waals surface area (Å²) in [5, 5.41) is 2.98. The van der Waals surface area contributed by atoms with Crippen molar-refractivity contribution >= 4 is 5.91 Å². The maximum atomic E-state index is 11.4. The van der Waals surface area contributed by atoms with E-state index in [2.05, 4.69) is 19.2 Å². The van der Waals surface area contributed by atoms with E-state index >= 15 is 0 Å². The van der Waals surface area contributed by atoms with E-state index in [0.29, 0.717) is 6.42 Å². The van der Waals surface area contributed by atoms with Crippen molar-refractivity contribution < 1.29 is 4.79 Å². The van der Waals surface area contributed by atoms with Crippen molar-refractivity contribution in [1.82, 2.24) is 5.32 Å². The average molecular weight is 242 g/mol. The second kappa shape index (κ2) is 11.9. The number of hydrogen-bond donors (Lipinski definition) is 2. The van der Waals surface area contributed by atoms with Crippen molar-refractivity contribution in [2.45, 2.75) is 65.2 Å². The van der Waals surface area contributed by atoms with E-state index in [1.54, 1.807) is 0 Å². The van der Waals surface area contributed by atoms with Crippen LogP contribution in [-0.2, 0) is 4.79 Å². The molecule has 0 aromatic carbocycles. The molecule has 0 aromatic rings. The van der Waals surface area contributed by atoms with Crippen LogP contribution in [0, 0.1) is 5.92 Å². The molecule has 0 fully saturated rings. The molecule has 0 unspecified atom stereocenters. The second-order valence-electron chi connectivity index (χ2n) is 5.19. The van der Waals surface area contributed by atoms with E-state index in [0.717, 1.165) is 51.1 Å². The summed E-state index contributed by atoms with van der Waals surface area (Å²) in [6.45, 7) is 6.08. The minimum atomic E-state index is 0.210. The zero-order valence-corrected chi connectivity index (χ0v) is 11.6. The lowest BCUT2D eigenvalue weighted by Crippen LogP contribution is -2.24. The van der Waals surface area contributed by atoms with Crippen LogP contribution in [0.25, 0.3) is 0 Å². The minimum Gasteiger partial charge on any atom is -0.356 e. The summed E-state index contributed by atoms with van der Waals surface area (Å²) in [7, 11) is 0. The Kier molecular flexibility index (Phi) is 11.5. The summed E-state index contributed by atoms with van der Waals surface area (Å²) in [6, 6.07) is 0. The summed E-state index contributed by atoms with van der Waals surface area (Å²) in [4.78, 5) is 11.4. The molecule has 0 bridgehead atoms. The van der Waals surface area contributed by atoms with Gasteiger partial charge in [0, 0.05) is 13.0 Å². The van der Waals surface area contributed by atoms with Crippen molar-refractivity contribution in [1.29, 1.82) is 0 Å². The van der Waals surface area contributed by atoms with Gasteiger partial charge >= 0.3 is 0 Å². The van der Waals surface area contributed by atoms with Crippen LogP contribution in [0.1, 0.15) is 65.2 Å². The van der Waals surface area contributed by atoms with Crippen molar-refractivity contribution in [3.05, 3.63) is 0 Å². The smallest absolute Gasteiger partial charge is 0.219 e. The van der Waals surface area contributed by atoms with E-state index in [-0.39, 0.29) is 5.91 Å².